The topological polar surface area (TPSA) is 41.5 Å². The molecule has 2 rings (SSSR count). The Labute approximate surface area is 96.4 Å². The van der Waals surface area contributed by atoms with Crippen molar-refractivity contribution in [3.8, 4) is 0 Å². The van der Waals surface area contributed by atoms with Crippen LogP contribution in [0.25, 0.3) is 0 Å². The number of rotatable bonds is 5. The first kappa shape index (κ1) is 11.6. The number of aliphatic hydroxyl groups excluding tert-OH is 1. The Hall–Kier alpha value is -0.900. The summed E-state index contributed by atoms with van der Waals surface area (Å²) in [4.78, 5) is 0. The molecule has 3 nitrogen and oxygen atoms in total. The summed E-state index contributed by atoms with van der Waals surface area (Å²) in [6.07, 6.45) is 0. The lowest BCUT2D eigenvalue weighted by molar-refractivity contribution is -0.134. The first-order valence-corrected chi connectivity index (χ1v) is 5.69. The average molecular weight is 221 g/mol. The van der Waals surface area contributed by atoms with Gasteiger partial charge >= 0.3 is 0 Å². The zero-order valence-electron chi connectivity index (χ0n) is 9.70. The molecule has 1 aliphatic rings. The molecule has 0 bridgehead atoms. The zero-order valence-corrected chi connectivity index (χ0v) is 9.70. The summed E-state index contributed by atoms with van der Waals surface area (Å²) in [5.41, 5.74) is 2.53. The Balaban J connectivity index is 1.79. The minimum Gasteiger partial charge on any atom is -0.396 e. The van der Waals surface area contributed by atoms with E-state index in [0.717, 1.165) is 13.1 Å². The molecule has 1 aromatic rings. The van der Waals surface area contributed by atoms with Crippen molar-refractivity contribution < 1.29 is 9.84 Å². The molecule has 16 heavy (non-hydrogen) atoms. The van der Waals surface area contributed by atoms with E-state index >= 15 is 0 Å². The van der Waals surface area contributed by atoms with E-state index in [1.807, 2.05) is 0 Å². The van der Waals surface area contributed by atoms with Crippen molar-refractivity contribution in [1.29, 1.82) is 0 Å². The second kappa shape index (κ2) is 4.95. The van der Waals surface area contributed by atoms with Crippen LogP contribution in [0.4, 0.5) is 0 Å². The number of ether oxygens (including phenoxy) is 1. The molecule has 1 fully saturated rings. The van der Waals surface area contributed by atoms with Gasteiger partial charge in [0.1, 0.15) is 0 Å². The van der Waals surface area contributed by atoms with Crippen LogP contribution in [-0.4, -0.2) is 31.5 Å². The molecule has 0 amide bonds. The lowest BCUT2D eigenvalue weighted by Gasteiger charge is -2.40. The fourth-order valence-corrected chi connectivity index (χ4v) is 1.93. The lowest BCUT2D eigenvalue weighted by atomic mass is 9.87. The highest BCUT2D eigenvalue weighted by Crippen LogP contribution is 2.25. The van der Waals surface area contributed by atoms with Crippen LogP contribution < -0.4 is 5.32 Å². The molecule has 0 saturated carbocycles. The van der Waals surface area contributed by atoms with Gasteiger partial charge in [-0.2, -0.15) is 0 Å². The van der Waals surface area contributed by atoms with E-state index in [1.165, 1.54) is 11.1 Å². The quantitative estimate of drug-likeness (QED) is 0.782. The molecule has 1 aromatic carbocycles. The van der Waals surface area contributed by atoms with Gasteiger partial charge < -0.3 is 15.2 Å². The largest absolute Gasteiger partial charge is 0.396 e. The molecule has 0 aromatic heterocycles. The van der Waals surface area contributed by atoms with E-state index in [1.54, 1.807) is 0 Å². The highest BCUT2D eigenvalue weighted by molar-refractivity contribution is 5.21. The Kier molecular flexibility index (Phi) is 3.59. The highest BCUT2D eigenvalue weighted by atomic mass is 16.5. The van der Waals surface area contributed by atoms with Gasteiger partial charge in [-0.15, -0.1) is 0 Å². The monoisotopic (exact) mass is 221 g/mol. The zero-order chi connectivity index (χ0) is 11.4. The molecule has 0 aliphatic carbocycles. The van der Waals surface area contributed by atoms with Gasteiger partial charge in [0.15, 0.2) is 0 Å². The van der Waals surface area contributed by atoms with E-state index in [2.05, 4.69) is 36.5 Å². The summed E-state index contributed by atoms with van der Waals surface area (Å²) in [5.74, 6) is 0. The minimum absolute atomic E-state index is 0.0379. The van der Waals surface area contributed by atoms with E-state index < -0.39 is 0 Å². The van der Waals surface area contributed by atoms with Crippen molar-refractivity contribution in [2.24, 2.45) is 5.41 Å². The summed E-state index contributed by atoms with van der Waals surface area (Å²) in [6, 6.07) is 8.46. The molecule has 1 saturated heterocycles. The number of aliphatic hydroxyl groups is 1. The van der Waals surface area contributed by atoms with E-state index in [9.17, 15) is 5.11 Å². The predicted molar refractivity (Wildman–Crippen MR) is 63.2 cm³/mol. The maximum absolute atomic E-state index is 9.26. The summed E-state index contributed by atoms with van der Waals surface area (Å²) in [6.45, 7) is 5.31. The second-order valence-corrected chi connectivity index (χ2v) is 4.74. The highest BCUT2D eigenvalue weighted by Gasteiger charge is 2.37. The molecular formula is C13H19NO2. The first-order valence-electron chi connectivity index (χ1n) is 5.69. The van der Waals surface area contributed by atoms with Crippen LogP contribution in [0.3, 0.4) is 0 Å². The van der Waals surface area contributed by atoms with Crippen LogP contribution in [0, 0.1) is 12.3 Å². The van der Waals surface area contributed by atoms with Gasteiger partial charge in [0.25, 0.3) is 0 Å². The van der Waals surface area contributed by atoms with Crippen molar-refractivity contribution in [1.82, 2.24) is 5.32 Å². The lowest BCUT2D eigenvalue weighted by Crippen LogP contribution is -2.52. The van der Waals surface area contributed by atoms with Crippen LogP contribution in [0.1, 0.15) is 11.1 Å². The van der Waals surface area contributed by atoms with Crippen LogP contribution in [-0.2, 0) is 11.3 Å². The predicted octanol–water partition coefficient (Wildman–Crippen LogP) is 1.09. The van der Waals surface area contributed by atoms with Crippen molar-refractivity contribution in [2.75, 3.05) is 26.4 Å². The first-order chi connectivity index (χ1) is 7.74. The number of benzene rings is 1. The standard InChI is InChI=1S/C13H19NO2/c1-11-3-2-4-12(5-11)6-14-7-13(8-15)9-16-10-13/h2-5,14-15H,6-10H2,1H3. The van der Waals surface area contributed by atoms with Gasteiger partial charge in [-0.3, -0.25) is 0 Å². The van der Waals surface area contributed by atoms with Gasteiger partial charge in [0, 0.05) is 13.1 Å². The molecule has 0 atom stereocenters. The van der Waals surface area contributed by atoms with Crippen LogP contribution >= 0.6 is 0 Å². The summed E-state index contributed by atoms with van der Waals surface area (Å²) >= 11 is 0. The fraction of sp³-hybridized carbons (Fsp3) is 0.538. The Morgan fingerprint density at radius 3 is 2.81 bits per heavy atom. The maximum atomic E-state index is 9.26. The summed E-state index contributed by atoms with van der Waals surface area (Å²) in [5, 5.41) is 12.6. The van der Waals surface area contributed by atoms with Crippen molar-refractivity contribution in [3.63, 3.8) is 0 Å². The molecule has 0 unspecified atom stereocenters. The maximum Gasteiger partial charge on any atom is 0.0579 e. The van der Waals surface area contributed by atoms with Crippen LogP contribution in [0.2, 0.25) is 0 Å². The Bertz CT molecular complexity index is 342. The molecule has 1 aliphatic heterocycles. The third-order valence-corrected chi connectivity index (χ3v) is 3.06. The van der Waals surface area contributed by atoms with Gasteiger partial charge in [0.05, 0.1) is 25.2 Å². The molecule has 3 heteroatoms. The minimum atomic E-state index is -0.0379. The Morgan fingerprint density at radius 1 is 1.44 bits per heavy atom. The SMILES string of the molecule is Cc1cccc(CNCC2(CO)COC2)c1. The van der Waals surface area contributed by atoms with Gasteiger partial charge in [-0.25, -0.2) is 0 Å². The molecule has 1 heterocycles. The summed E-state index contributed by atoms with van der Waals surface area (Å²) in [7, 11) is 0. The van der Waals surface area contributed by atoms with Crippen molar-refractivity contribution in [3.05, 3.63) is 35.4 Å². The third-order valence-electron chi connectivity index (χ3n) is 3.06. The van der Waals surface area contributed by atoms with Gasteiger partial charge in [-0.1, -0.05) is 29.8 Å². The normalized spacial score (nSPS) is 18.1. The molecule has 2 N–H and O–H groups in total. The number of hydrogen-bond acceptors (Lipinski definition) is 3. The number of nitrogens with one attached hydrogen (secondary N) is 1. The number of hydrogen-bond donors (Lipinski definition) is 2. The smallest absolute Gasteiger partial charge is 0.0579 e. The van der Waals surface area contributed by atoms with Crippen LogP contribution in [0.15, 0.2) is 24.3 Å². The molecule has 0 radical (unpaired) electrons. The molecule has 88 valence electrons. The molecule has 0 spiro atoms. The number of aryl methyl sites for hydroxylation is 1. The van der Waals surface area contributed by atoms with E-state index in [4.69, 9.17) is 4.74 Å². The second-order valence-electron chi connectivity index (χ2n) is 4.74. The molecular weight excluding hydrogens is 202 g/mol. The summed E-state index contributed by atoms with van der Waals surface area (Å²) < 4.78 is 5.15. The van der Waals surface area contributed by atoms with Crippen LogP contribution in [0.5, 0.6) is 0 Å². The average Bonchev–Trinajstić information content (AvgIpc) is 2.22. The van der Waals surface area contributed by atoms with E-state index in [0.29, 0.717) is 13.2 Å². The van der Waals surface area contributed by atoms with Gasteiger partial charge in [0.2, 0.25) is 0 Å². The van der Waals surface area contributed by atoms with Crippen molar-refractivity contribution >= 4 is 0 Å². The van der Waals surface area contributed by atoms with E-state index in [-0.39, 0.29) is 12.0 Å². The fourth-order valence-electron chi connectivity index (χ4n) is 1.93. The Morgan fingerprint density at radius 2 is 2.25 bits per heavy atom. The van der Waals surface area contributed by atoms with Crippen molar-refractivity contribution in [2.45, 2.75) is 13.5 Å². The third kappa shape index (κ3) is 2.61. The van der Waals surface area contributed by atoms with Gasteiger partial charge in [-0.05, 0) is 12.5 Å².